The monoisotopic (exact) mass is 348 g/mol. The fourth-order valence-electron chi connectivity index (χ4n) is 3.65. The summed E-state index contributed by atoms with van der Waals surface area (Å²) in [4.78, 5) is 39.5. The number of carbonyl (C=O) groups excluding carboxylic acids is 2. The van der Waals surface area contributed by atoms with Crippen LogP contribution in [0.2, 0.25) is 0 Å². The number of nitro benzene ring substituents is 1. The molecule has 1 saturated heterocycles. The van der Waals surface area contributed by atoms with Gasteiger partial charge in [0.1, 0.15) is 18.4 Å². The second-order valence-electron chi connectivity index (χ2n) is 6.06. The highest BCUT2D eigenvalue weighted by Gasteiger charge is 2.61. The summed E-state index contributed by atoms with van der Waals surface area (Å²) in [5, 5.41) is 22.2. The number of benzene rings is 1. The third kappa shape index (κ3) is 2.56. The van der Waals surface area contributed by atoms with Crippen molar-refractivity contribution in [1.82, 2.24) is 0 Å². The maximum Gasteiger partial charge on any atom is 0.315 e. The molecule has 0 spiro atoms. The molecule has 1 aromatic carbocycles. The van der Waals surface area contributed by atoms with Gasteiger partial charge in [0.2, 0.25) is 5.72 Å². The molecule has 3 rings (SSSR count). The first-order valence-electron chi connectivity index (χ1n) is 7.56. The van der Waals surface area contributed by atoms with E-state index in [4.69, 9.17) is 9.47 Å². The van der Waals surface area contributed by atoms with Gasteiger partial charge in [-0.05, 0) is 6.92 Å². The van der Waals surface area contributed by atoms with Crippen LogP contribution < -0.4 is 0 Å². The Morgan fingerprint density at radius 3 is 2.80 bits per heavy atom. The van der Waals surface area contributed by atoms with Gasteiger partial charge >= 0.3 is 11.9 Å². The molecule has 1 aromatic rings. The van der Waals surface area contributed by atoms with Crippen LogP contribution in [0.5, 0.6) is 0 Å². The Hall–Kier alpha value is -2.81. The van der Waals surface area contributed by atoms with Crippen molar-refractivity contribution in [3.8, 4) is 0 Å². The second kappa shape index (κ2) is 5.92. The molecule has 2 aliphatic rings. The Labute approximate surface area is 142 Å². The molecule has 0 amide bonds. The van der Waals surface area contributed by atoms with Gasteiger partial charge in [-0.15, -0.1) is 0 Å². The number of nitrogens with zero attached hydrogens (tertiary/aromatic N) is 2. The van der Waals surface area contributed by atoms with E-state index in [1.54, 1.807) is 6.07 Å². The maximum absolute atomic E-state index is 12.3. The van der Waals surface area contributed by atoms with Crippen LogP contribution in [0.4, 0.5) is 5.69 Å². The highest BCUT2D eigenvalue weighted by Crippen LogP contribution is 2.49. The summed E-state index contributed by atoms with van der Waals surface area (Å²) >= 11 is 0. The Kier molecular flexibility index (Phi) is 4.03. The largest absolute Gasteiger partial charge is 0.468 e. The van der Waals surface area contributed by atoms with E-state index in [9.17, 15) is 24.8 Å². The van der Waals surface area contributed by atoms with Crippen molar-refractivity contribution in [3.05, 3.63) is 39.9 Å². The number of rotatable bonds is 3. The van der Waals surface area contributed by atoms with Gasteiger partial charge < -0.3 is 14.6 Å². The Morgan fingerprint density at radius 1 is 1.48 bits per heavy atom. The zero-order valence-corrected chi connectivity index (χ0v) is 13.5. The Balaban J connectivity index is 2.25. The summed E-state index contributed by atoms with van der Waals surface area (Å²) in [6, 6.07) is 5.79. The molecule has 0 saturated carbocycles. The van der Waals surface area contributed by atoms with Gasteiger partial charge in [-0.2, -0.15) is 0 Å². The van der Waals surface area contributed by atoms with Gasteiger partial charge in [-0.1, -0.05) is 18.2 Å². The highest BCUT2D eigenvalue weighted by atomic mass is 16.6. The minimum absolute atomic E-state index is 0.152. The number of cyclic esters (lactones) is 1. The lowest BCUT2D eigenvalue weighted by atomic mass is 9.69. The van der Waals surface area contributed by atoms with Crippen molar-refractivity contribution in [2.75, 3.05) is 13.7 Å². The van der Waals surface area contributed by atoms with Crippen LogP contribution in [0.25, 0.3) is 0 Å². The van der Waals surface area contributed by atoms with Crippen molar-refractivity contribution in [2.24, 2.45) is 16.8 Å². The van der Waals surface area contributed by atoms with Gasteiger partial charge in [0.05, 0.1) is 12.0 Å². The zero-order valence-electron chi connectivity index (χ0n) is 13.5. The molecule has 25 heavy (non-hydrogen) atoms. The molecule has 4 atom stereocenters. The molecule has 2 heterocycles. The summed E-state index contributed by atoms with van der Waals surface area (Å²) in [5.41, 5.74) is -1.73. The summed E-state index contributed by atoms with van der Waals surface area (Å²) in [7, 11) is 1.18. The number of ether oxygens (including phenoxy) is 2. The van der Waals surface area contributed by atoms with E-state index in [-0.39, 0.29) is 23.6 Å². The van der Waals surface area contributed by atoms with Gasteiger partial charge in [0.15, 0.2) is 0 Å². The smallest absolute Gasteiger partial charge is 0.315 e. The predicted octanol–water partition coefficient (Wildman–Crippen LogP) is 0.804. The average molecular weight is 348 g/mol. The van der Waals surface area contributed by atoms with Crippen molar-refractivity contribution >= 4 is 23.3 Å². The average Bonchev–Trinajstić information content (AvgIpc) is 2.87. The number of fused-ring (bicyclic) bond motifs is 1. The number of hydrogen-bond acceptors (Lipinski definition) is 8. The molecule has 1 N–H and O–H groups in total. The van der Waals surface area contributed by atoms with E-state index in [0.29, 0.717) is 0 Å². The van der Waals surface area contributed by atoms with Crippen molar-refractivity contribution < 1.29 is 29.1 Å². The molecule has 0 bridgehead atoms. The lowest BCUT2D eigenvalue weighted by Crippen LogP contribution is -2.50. The summed E-state index contributed by atoms with van der Waals surface area (Å²) in [6.45, 7) is 1.15. The molecule has 2 aliphatic heterocycles. The summed E-state index contributed by atoms with van der Waals surface area (Å²) < 4.78 is 9.75. The van der Waals surface area contributed by atoms with E-state index < -0.39 is 40.3 Å². The first-order chi connectivity index (χ1) is 11.8. The topological polar surface area (TPSA) is 128 Å². The van der Waals surface area contributed by atoms with Gasteiger partial charge in [-0.3, -0.25) is 24.7 Å². The van der Waals surface area contributed by atoms with Crippen molar-refractivity contribution in [1.29, 1.82) is 0 Å². The van der Waals surface area contributed by atoms with Crippen LogP contribution >= 0.6 is 0 Å². The molecular formula is C16H16N2O7. The van der Waals surface area contributed by atoms with Crippen LogP contribution in [0.1, 0.15) is 18.4 Å². The minimum Gasteiger partial charge on any atom is -0.468 e. The lowest BCUT2D eigenvalue weighted by Gasteiger charge is -2.38. The fraction of sp³-hybridized carbons (Fsp3) is 0.438. The Morgan fingerprint density at radius 2 is 2.16 bits per heavy atom. The predicted molar refractivity (Wildman–Crippen MR) is 83.9 cm³/mol. The molecule has 0 aromatic heterocycles. The number of methoxy groups -OCH3 is 1. The fourth-order valence-corrected chi connectivity index (χ4v) is 3.65. The van der Waals surface area contributed by atoms with Crippen LogP contribution in [-0.4, -0.2) is 47.1 Å². The van der Waals surface area contributed by atoms with Crippen LogP contribution in [0.3, 0.4) is 0 Å². The highest BCUT2D eigenvalue weighted by molar-refractivity contribution is 6.04. The molecule has 0 aliphatic carbocycles. The number of aliphatic hydroxyl groups is 1. The number of aliphatic imine (C=N–C) groups is 1. The number of para-hydroxylation sites is 1. The summed E-state index contributed by atoms with van der Waals surface area (Å²) in [5.74, 6) is -4.74. The molecule has 9 heteroatoms. The SMILES string of the molecule is COC(=O)C1C(C)=NC2(O)COC(=O)C2C1c1ccccc1[N+](=O)[O-]. The molecule has 1 fully saturated rings. The van der Waals surface area contributed by atoms with Crippen LogP contribution in [0.15, 0.2) is 29.3 Å². The minimum atomic E-state index is -1.86. The zero-order chi connectivity index (χ0) is 18.4. The third-order valence-corrected chi connectivity index (χ3v) is 4.66. The van der Waals surface area contributed by atoms with Crippen molar-refractivity contribution in [3.63, 3.8) is 0 Å². The van der Waals surface area contributed by atoms with Crippen LogP contribution in [-0.2, 0) is 19.1 Å². The number of nitro groups is 1. The molecule has 132 valence electrons. The van der Waals surface area contributed by atoms with E-state index in [1.807, 2.05) is 0 Å². The van der Waals surface area contributed by atoms with E-state index in [2.05, 4.69) is 4.99 Å². The standard InChI is InChI=1S/C16H16N2O7/c1-8-11(14(19)24-2)12(9-5-3-4-6-10(9)18(22)23)13-15(20)25-7-16(13,21)17-8/h3-6,11-13,21H,7H2,1-2H3. The first kappa shape index (κ1) is 17.0. The van der Waals surface area contributed by atoms with E-state index in [0.717, 1.165) is 0 Å². The number of carbonyl (C=O) groups is 2. The number of hydrogen-bond donors (Lipinski definition) is 1. The number of esters is 2. The molecule has 4 unspecified atom stereocenters. The molecule has 0 radical (unpaired) electrons. The first-order valence-corrected chi connectivity index (χ1v) is 7.56. The summed E-state index contributed by atoms with van der Waals surface area (Å²) in [6.07, 6.45) is 0. The van der Waals surface area contributed by atoms with Crippen LogP contribution in [0, 0.1) is 22.0 Å². The lowest BCUT2D eigenvalue weighted by molar-refractivity contribution is -0.385. The Bertz CT molecular complexity index is 790. The van der Waals surface area contributed by atoms with E-state index >= 15 is 0 Å². The normalized spacial score (nSPS) is 30.9. The molecule has 9 nitrogen and oxygen atoms in total. The van der Waals surface area contributed by atoms with Gasteiger partial charge in [0, 0.05) is 23.3 Å². The van der Waals surface area contributed by atoms with Crippen molar-refractivity contribution in [2.45, 2.75) is 18.6 Å². The van der Waals surface area contributed by atoms with Gasteiger partial charge in [0.25, 0.3) is 5.69 Å². The molecular weight excluding hydrogens is 332 g/mol. The van der Waals surface area contributed by atoms with E-state index in [1.165, 1.54) is 32.2 Å². The maximum atomic E-state index is 12.3. The third-order valence-electron chi connectivity index (χ3n) is 4.66. The second-order valence-corrected chi connectivity index (χ2v) is 6.06. The van der Waals surface area contributed by atoms with Gasteiger partial charge in [-0.25, -0.2) is 0 Å². The quantitative estimate of drug-likeness (QED) is 0.486.